The molecule has 0 amide bonds. The first-order valence-corrected chi connectivity index (χ1v) is 10.2. The lowest BCUT2D eigenvalue weighted by atomic mass is 10.1. The van der Waals surface area contributed by atoms with Crippen molar-refractivity contribution in [2.75, 3.05) is 13.3 Å². The summed E-state index contributed by atoms with van der Waals surface area (Å²) < 4.78 is 15.4. The van der Waals surface area contributed by atoms with Crippen molar-refractivity contribution in [2.24, 2.45) is 4.99 Å². The van der Waals surface area contributed by atoms with Crippen LogP contribution in [0.4, 0.5) is 4.39 Å². The van der Waals surface area contributed by atoms with Crippen LogP contribution in [0.25, 0.3) is 5.82 Å². The summed E-state index contributed by atoms with van der Waals surface area (Å²) >= 11 is 1.67. The zero-order valence-corrected chi connectivity index (χ0v) is 19.4. The number of aromatic nitrogens is 3. The third kappa shape index (κ3) is 6.70. The van der Waals surface area contributed by atoms with Gasteiger partial charge in [0.25, 0.3) is 0 Å². The van der Waals surface area contributed by atoms with E-state index in [0.29, 0.717) is 19.0 Å². The van der Waals surface area contributed by atoms with Gasteiger partial charge in [-0.3, -0.25) is 9.56 Å². The van der Waals surface area contributed by atoms with Gasteiger partial charge < -0.3 is 10.6 Å². The van der Waals surface area contributed by atoms with Gasteiger partial charge in [-0.05, 0) is 47.2 Å². The number of pyridine rings is 1. The Balaban J connectivity index is 0.00000300. The maximum Gasteiger partial charge on any atom is 0.191 e. The molecule has 0 saturated carbocycles. The zero-order valence-electron chi connectivity index (χ0n) is 16.3. The van der Waals surface area contributed by atoms with E-state index in [1.165, 1.54) is 6.07 Å². The third-order valence-electron chi connectivity index (χ3n) is 4.18. The lowest BCUT2D eigenvalue weighted by molar-refractivity contribution is 0.625. The van der Waals surface area contributed by atoms with Crippen molar-refractivity contribution in [3.63, 3.8) is 0 Å². The Kier molecular flexibility index (Phi) is 9.39. The smallest absolute Gasteiger partial charge is 0.191 e. The van der Waals surface area contributed by atoms with Gasteiger partial charge >= 0.3 is 0 Å². The fourth-order valence-corrected chi connectivity index (χ4v) is 3.33. The number of rotatable bonds is 7. The van der Waals surface area contributed by atoms with E-state index >= 15 is 0 Å². The predicted octanol–water partition coefficient (Wildman–Crippen LogP) is 3.75. The van der Waals surface area contributed by atoms with Crippen molar-refractivity contribution in [3.8, 4) is 5.82 Å². The zero-order chi connectivity index (χ0) is 19.8. The molecule has 0 unspecified atom stereocenters. The maximum atomic E-state index is 13.5. The summed E-state index contributed by atoms with van der Waals surface area (Å²) in [6, 6.07) is 8.86. The Morgan fingerprint density at radius 2 is 1.97 bits per heavy atom. The minimum absolute atomic E-state index is 0. The summed E-state index contributed by atoms with van der Waals surface area (Å²) in [4.78, 5) is 12.7. The Morgan fingerprint density at radius 3 is 2.69 bits per heavy atom. The predicted molar refractivity (Wildman–Crippen MR) is 127 cm³/mol. The molecule has 3 aromatic rings. The van der Waals surface area contributed by atoms with Crippen LogP contribution in [-0.2, 0) is 18.8 Å². The molecule has 3 rings (SSSR count). The quantitative estimate of drug-likeness (QED) is 0.279. The Bertz CT molecular complexity index is 932. The number of hydrogen-bond donors (Lipinski definition) is 2. The van der Waals surface area contributed by atoms with E-state index < -0.39 is 0 Å². The minimum atomic E-state index is -0.207. The molecule has 0 spiro atoms. The molecule has 2 heterocycles. The Labute approximate surface area is 191 Å². The molecule has 0 aliphatic heterocycles. The molecule has 6 nitrogen and oxygen atoms in total. The Morgan fingerprint density at radius 1 is 1.14 bits per heavy atom. The average molecular weight is 526 g/mol. The molecular weight excluding hydrogens is 502 g/mol. The van der Waals surface area contributed by atoms with Crippen molar-refractivity contribution in [2.45, 2.75) is 18.8 Å². The van der Waals surface area contributed by atoms with Crippen LogP contribution >= 0.6 is 35.7 Å². The first kappa shape index (κ1) is 23.1. The van der Waals surface area contributed by atoms with E-state index in [0.717, 1.165) is 28.3 Å². The van der Waals surface area contributed by atoms with Gasteiger partial charge in [0.2, 0.25) is 0 Å². The van der Waals surface area contributed by atoms with Crippen LogP contribution in [0.15, 0.2) is 60.2 Å². The molecule has 0 saturated heterocycles. The van der Waals surface area contributed by atoms with Crippen LogP contribution in [0.5, 0.6) is 0 Å². The maximum absolute atomic E-state index is 13.5. The second-order valence-corrected chi connectivity index (χ2v) is 6.98. The first-order valence-electron chi connectivity index (χ1n) is 8.83. The van der Waals surface area contributed by atoms with Gasteiger partial charge in [0, 0.05) is 44.5 Å². The van der Waals surface area contributed by atoms with E-state index in [2.05, 4.69) is 25.6 Å². The molecule has 0 atom stereocenters. The summed E-state index contributed by atoms with van der Waals surface area (Å²) in [7, 11) is 1.73. The summed E-state index contributed by atoms with van der Waals surface area (Å²) in [6.07, 6.45) is 9.08. The van der Waals surface area contributed by atoms with Crippen molar-refractivity contribution >= 4 is 41.7 Å². The molecule has 0 aliphatic rings. The molecule has 29 heavy (non-hydrogen) atoms. The highest BCUT2D eigenvalue weighted by Gasteiger charge is 2.06. The van der Waals surface area contributed by atoms with Crippen molar-refractivity contribution < 1.29 is 4.39 Å². The standard InChI is InChI=1S/C20H23FN6S.HI/c1-22-20(26-12-16-3-4-18(21)10-17(16)13-28-2)25-11-15-5-6-24-19(9-15)27-8-7-23-14-27;/h3-10,14H,11-13H2,1-2H3,(H2,22,25,26);1H. The monoisotopic (exact) mass is 526 g/mol. The van der Waals surface area contributed by atoms with Crippen LogP contribution in [0.1, 0.15) is 16.7 Å². The van der Waals surface area contributed by atoms with Gasteiger partial charge in [0.1, 0.15) is 18.0 Å². The minimum Gasteiger partial charge on any atom is -0.352 e. The molecule has 0 aliphatic carbocycles. The molecular formula is C20H24FIN6S. The van der Waals surface area contributed by atoms with Crippen LogP contribution in [0.2, 0.25) is 0 Å². The fourth-order valence-electron chi connectivity index (χ4n) is 2.75. The lowest BCUT2D eigenvalue weighted by Gasteiger charge is -2.14. The normalized spacial score (nSPS) is 11.1. The van der Waals surface area contributed by atoms with E-state index in [9.17, 15) is 4.39 Å². The molecule has 9 heteroatoms. The largest absolute Gasteiger partial charge is 0.352 e. The first-order chi connectivity index (χ1) is 13.7. The molecule has 154 valence electrons. The molecule has 2 N–H and O–H groups in total. The third-order valence-corrected chi connectivity index (χ3v) is 4.78. The number of nitrogens with zero attached hydrogens (tertiary/aromatic N) is 4. The number of benzene rings is 1. The van der Waals surface area contributed by atoms with E-state index in [1.54, 1.807) is 43.6 Å². The fraction of sp³-hybridized carbons (Fsp3) is 0.250. The van der Waals surface area contributed by atoms with Gasteiger partial charge in [-0.25, -0.2) is 14.4 Å². The van der Waals surface area contributed by atoms with Crippen LogP contribution < -0.4 is 10.6 Å². The van der Waals surface area contributed by atoms with Crippen molar-refractivity contribution in [1.82, 2.24) is 25.2 Å². The summed E-state index contributed by atoms with van der Waals surface area (Å²) in [5, 5.41) is 6.59. The van der Waals surface area contributed by atoms with Gasteiger partial charge in [-0.2, -0.15) is 11.8 Å². The molecule has 0 fully saturated rings. The summed E-state index contributed by atoms with van der Waals surface area (Å²) in [5.41, 5.74) is 3.13. The van der Waals surface area contributed by atoms with Gasteiger partial charge in [-0.1, -0.05) is 6.07 Å². The molecule has 1 aromatic carbocycles. The second-order valence-electron chi connectivity index (χ2n) is 6.12. The Hall–Kier alpha value is -2.14. The second kappa shape index (κ2) is 11.8. The van der Waals surface area contributed by atoms with E-state index in [-0.39, 0.29) is 29.8 Å². The molecule has 0 radical (unpaired) electrons. The SMILES string of the molecule is CN=C(NCc1ccnc(-n2ccnc2)c1)NCc1ccc(F)cc1CSC.I. The highest BCUT2D eigenvalue weighted by molar-refractivity contribution is 14.0. The van der Waals surface area contributed by atoms with Crippen LogP contribution in [-0.4, -0.2) is 33.8 Å². The van der Waals surface area contributed by atoms with Crippen molar-refractivity contribution in [1.29, 1.82) is 0 Å². The van der Waals surface area contributed by atoms with Gasteiger partial charge in [0.05, 0.1) is 0 Å². The number of thioether (sulfide) groups is 1. The summed E-state index contributed by atoms with van der Waals surface area (Å²) in [5.74, 6) is 2.06. The number of guanidine groups is 1. The van der Waals surface area contributed by atoms with Gasteiger partial charge in [-0.15, -0.1) is 24.0 Å². The molecule has 0 bridgehead atoms. The topological polar surface area (TPSA) is 67.1 Å². The van der Waals surface area contributed by atoms with Crippen LogP contribution in [0.3, 0.4) is 0 Å². The van der Waals surface area contributed by atoms with Gasteiger partial charge in [0.15, 0.2) is 5.96 Å². The summed E-state index contributed by atoms with van der Waals surface area (Å²) in [6.45, 7) is 1.18. The van der Waals surface area contributed by atoms with Crippen molar-refractivity contribution in [3.05, 3.63) is 77.8 Å². The van der Waals surface area contributed by atoms with E-state index in [1.807, 2.05) is 35.2 Å². The highest BCUT2D eigenvalue weighted by Crippen LogP contribution is 2.16. The number of imidazole rings is 1. The molecule has 2 aromatic heterocycles. The average Bonchev–Trinajstić information content (AvgIpc) is 3.25. The number of nitrogens with one attached hydrogen (secondary N) is 2. The highest BCUT2D eigenvalue weighted by atomic mass is 127. The number of halogens is 2. The number of hydrogen-bond acceptors (Lipinski definition) is 4. The lowest BCUT2D eigenvalue weighted by Crippen LogP contribution is -2.36. The number of aliphatic imine (C=N–C) groups is 1. The van der Waals surface area contributed by atoms with E-state index in [4.69, 9.17) is 0 Å². The van der Waals surface area contributed by atoms with Crippen LogP contribution in [0, 0.1) is 5.82 Å².